The number of nitrogens with one attached hydrogen (secondary N) is 2. The van der Waals surface area contributed by atoms with E-state index in [0.29, 0.717) is 35.9 Å². The second-order valence-corrected chi connectivity index (χ2v) is 7.45. The lowest BCUT2D eigenvalue weighted by atomic mass is 10.0. The summed E-state index contributed by atoms with van der Waals surface area (Å²) in [5, 5.41) is 4.42. The Bertz CT molecular complexity index is 1180. The van der Waals surface area contributed by atoms with Gasteiger partial charge in [-0.1, -0.05) is 12.5 Å². The van der Waals surface area contributed by atoms with E-state index in [1.807, 2.05) is 23.2 Å². The highest BCUT2D eigenvalue weighted by Gasteiger charge is 2.22. The number of likely N-dealkylation sites (tertiary alicyclic amines) is 1. The number of fused-ring (bicyclic) bond motifs is 1. The van der Waals surface area contributed by atoms with Gasteiger partial charge < -0.3 is 24.7 Å². The minimum Gasteiger partial charge on any atom is -0.497 e. The van der Waals surface area contributed by atoms with Crippen LogP contribution in [0.1, 0.15) is 24.1 Å². The lowest BCUT2D eigenvalue weighted by Gasteiger charge is -2.32. The van der Waals surface area contributed by atoms with Gasteiger partial charge >= 0.3 is 0 Å². The largest absolute Gasteiger partial charge is 0.497 e. The molecule has 1 amide bonds. The van der Waals surface area contributed by atoms with Gasteiger partial charge in [0.15, 0.2) is 0 Å². The molecule has 0 unspecified atom stereocenters. The topological polar surface area (TPSA) is 92.4 Å². The van der Waals surface area contributed by atoms with Crippen molar-refractivity contribution in [2.45, 2.75) is 18.9 Å². The molecular formula is C24H25N5O3. The number of hydrogen-bond acceptors (Lipinski definition) is 6. The second kappa shape index (κ2) is 9.43. The summed E-state index contributed by atoms with van der Waals surface area (Å²) < 4.78 is 10.6. The highest BCUT2D eigenvalue weighted by Crippen LogP contribution is 2.27. The van der Waals surface area contributed by atoms with Crippen LogP contribution in [0.2, 0.25) is 0 Å². The zero-order valence-electron chi connectivity index (χ0n) is 18.1. The number of hydrogen-bond donors (Lipinski definition) is 2. The molecule has 2 aromatic heterocycles. The summed E-state index contributed by atoms with van der Waals surface area (Å²) in [6.45, 7) is 4.97. The minimum atomic E-state index is -0.0179. The Balaban J connectivity index is 1.58. The van der Waals surface area contributed by atoms with Gasteiger partial charge in [0.25, 0.3) is 0 Å². The Kier molecular flexibility index (Phi) is 6.26. The lowest BCUT2D eigenvalue weighted by molar-refractivity contribution is -0.126. The normalized spacial score (nSPS) is 13.9. The van der Waals surface area contributed by atoms with Crippen molar-refractivity contribution in [1.82, 2.24) is 19.9 Å². The van der Waals surface area contributed by atoms with Crippen LogP contribution in [0.3, 0.4) is 0 Å². The van der Waals surface area contributed by atoms with Gasteiger partial charge in [0.05, 0.1) is 25.3 Å². The number of carbonyl (C=O) groups excluding carboxylic acids is 1. The molecule has 0 radical (unpaired) electrons. The summed E-state index contributed by atoms with van der Waals surface area (Å²) in [6.07, 6.45) is 6.46. The predicted molar refractivity (Wildman–Crippen MR) is 123 cm³/mol. The fraction of sp³-hybridized carbons (Fsp3) is 0.292. The molecule has 3 aromatic rings. The molecule has 4 rings (SSSR count). The average Bonchev–Trinajstić information content (AvgIpc) is 3.25. The van der Waals surface area contributed by atoms with E-state index in [1.54, 1.807) is 20.3 Å². The number of carbonyl (C=O) groups is 1. The number of rotatable bonds is 5. The number of benzene rings is 1. The molecule has 1 aromatic carbocycles. The van der Waals surface area contributed by atoms with E-state index < -0.39 is 0 Å². The first-order chi connectivity index (χ1) is 15.6. The van der Waals surface area contributed by atoms with Crippen molar-refractivity contribution < 1.29 is 14.3 Å². The van der Waals surface area contributed by atoms with E-state index in [4.69, 9.17) is 9.47 Å². The third kappa shape index (κ3) is 4.52. The molecule has 3 heterocycles. The Morgan fingerprint density at radius 2 is 1.91 bits per heavy atom. The standard InChI is InChI=1S/C24H25N5O3/c1-4-22(30)29-9-7-17(8-10-29)28-21-14-25-24-23(21)20(26-15-27-24)6-5-16-11-18(31-2)13-19(12-16)32-3/h4,11-15,17,28H,1,7-10H2,2-3H3,(H,25,26,27). The van der Waals surface area contributed by atoms with Crippen LogP contribution in [0.15, 0.2) is 43.4 Å². The monoisotopic (exact) mass is 431 g/mol. The van der Waals surface area contributed by atoms with Gasteiger partial charge in [-0.25, -0.2) is 9.97 Å². The van der Waals surface area contributed by atoms with Gasteiger partial charge in [-0.05, 0) is 37.0 Å². The molecule has 8 nitrogen and oxygen atoms in total. The zero-order chi connectivity index (χ0) is 22.5. The molecule has 0 atom stereocenters. The van der Waals surface area contributed by atoms with Crippen molar-refractivity contribution >= 4 is 22.6 Å². The molecular weight excluding hydrogens is 406 g/mol. The molecule has 0 bridgehead atoms. The van der Waals surface area contributed by atoms with E-state index in [1.165, 1.54) is 12.4 Å². The van der Waals surface area contributed by atoms with E-state index in [2.05, 4.69) is 38.7 Å². The Morgan fingerprint density at radius 3 is 2.56 bits per heavy atom. The van der Waals surface area contributed by atoms with Gasteiger partial charge in [-0.3, -0.25) is 4.79 Å². The summed E-state index contributed by atoms with van der Waals surface area (Å²) in [5.74, 6) is 7.64. The lowest BCUT2D eigenvalue weighted by Crippen LogP contribution is -2.41. The van der Waals surface area contributed by atoms with Crippen LogP contribution in [0.5, 0.6) is 11.5 Å². The smallest absolute Gasteiger partial charge is 0.245 e. The zero-order valence-corrected chi connectivity index (χ0v) is 18.1. The molecule has 1 aliphatic heterocycles. The summed E-state index contributed by atoms with van der Waals surface area (Å²) in [5.41, 5.74) is 3.01. The Morgan fingerprint density at radius 1 is 1.19 bits per heavy atom. The molecule has 1 saturated heterocycles. The summed E-state index contributed by atoms with van der Waals surface area (Å²) in [6, 6.07) is 5.74. The van der Waals surface area contributed by atoms with E-state index in [-0.39, 0.29) is 11.9 Å². The first-order valence-corrected chi connectivity index (χ1v) is 10.4. The molecule has 0 spiro atoms. The van der Waals surface area contributed by atoms with Gasteiger partial charge in [0.2, 0.25) is 5.91 Å². The Labute approximate surface area is 186 Å². The number of H-pyrrole nitrogens is 1. The molecule has 1 fully saturated rings. The van der Waals surface area contributed by atoms with Gasteiger partial charge in [-0.2, -0.15) is 0 Å². The minimum absolute atomic E-state index is 0.0179. The van der Waals surface area contributed by atoms with E-state index in [0.717, 1.165) is 29.5 Å². The second-order valence-electron chi connectivity index (χ2n) is 7.45. The molecule has 0 saturated carbocycles. The maximum atomic E-state index is 11.8. The Hall–Kier alpha value is -3.99. The number of amides is 1. The fourth-order valence-electron chi connectivity index (χ4n) is 3.78. The highest BCUT2D eigenvalue weighted by molar-refractivity contribution is 5.94. The number of piperidine rings is 1. The molecule has 2 N–H and O–H groups in total. The highest BCUT2D eigenvalue weighted by atomic mass is 16.5. The van der Waals surface area contributed by atoms with Crippen LogP contribution in [-0.2, 0) is 4.79 Å². The van der Waals surface area contributed by atoms with Gasteiger partial charge in [0, 0.05) is 37.0 Å². The van der Waals surface area contributed by atoms with Crippen LogP contribution in [0.4, 0.5) is 5.69 Å². The number of aromatic amines is 1. The van der Waals surface area contributed by atoms with E-state index >= 15 is 0 Å². The van der Waals surface area contributed by atoms with Crippen LogP contribution >= 0.6 is 0 Å². The molecule has 0 aliphatic carbocycles. The van der Waals surface area contributed by atoms with Crippen molar-refractivity contribution in [3.8, 4) is 23.3 Å². The first kappa shape index (κ1) is 21.2. The third-order valence-electron chi connectivity index (χ3n) is 5.49. The van der Waals surface area contributed by atoms with E-state index in [9.17, 15) is 4.79 Å². The number of ether oxygens (including phenoxy) is 2. The molecule has 32 heavy (non-hydrogen) atoms. The number of aromatic nitrogens is 3. The van der Waals surface area contributed by atoms with Gasteiger partial charge in [0.1, 0.15) is 29.2 Å². The van der Waals surface area contributed by atoms with Crippen molar-refractivity contribution in [1.29, 1.82) is 0 Å². The van der Waals surface area contributed by atoms with Crippen molar-refractivity contribution in [2.24, 2.45) is 0 Å². The van der Waals surface area contributed by atoms with Crippen molar-refractivity contribution in [3.63, 3.8) is 0 Å². The number of methoxy groups -OCH3 is 2. The SMILES string of the molecule is C=CC(=O)N1CCC(Nc2c[nH]c3ncnc(C#Cc4cc(OC)cc(OC)c4)c23)CC1. The first-order valence-electron chi connectivity index (χ1n) is 10.4. The molecule has 8 heteroatoms. The summed E-state index contributed by atoms with van der Waals surface area (Å²) in [4.78, 5) is 25.6. The van der Waals surface area contributed by atoms with Crippen LogP contribution < -0.4 is 14.8 Å². The molecule has 1 aliphatic rings. The summed E-state index contributed by atoms with van der Waals surface area (Å²) in [7, 11) is 3.21. The maximum absolute atomic E-state index is 11.8. The van der Waals surface area contributed by atoms with Crippen LogP contribution in [-0.4, -0.2) is 59.1 Å². The maximum Gasteiger partial charge on any atom is 0.245 e. The third-order valence-corrected chi connectivity index (χ3v) is 5.49. The van der Waals surface area contributed by atoms with Crippen LogP contribution in [0.25, 0.3) is 11.0 Å². The van der Waals surface area contributed by atoms with Crippen LogP contribution in [0, 0.1) is 11.8 Å². The average molecular weight is 431 g/mol. The summed E-state index contributed by atoms with van der Waals surface area (Å²) >= 11 is 0. The fourth-order valence-corrected chi connectivity index (χ4v) is 3.78. The van der Waals surface area contributed by atoms with Crippen molar-refractivity contribution in [2.75, 3.05) is 32.6 Å². The number of anilines is 1. The van der Waals surface area contributed by atoms with Crippen molar-refractivity contribution in [3.05, 3.63) is 54.6 Å². The quantitative estimate of drug-likeness (QED) is 0.477. The van der Waals surface area contributed by atoms with Gasteiger partial charge in [-0.15, -0.1) is 0 Å². The predicted octanol–water partition coefficient (Wildman–Crippen LogP) is 2.96. The molecule has 164 valence electrons. The number of nitrogens with zero attached hydrogens (tertiary/aromatic N) is 3.